The lowest BCUT2D eigenvalue weighted by molar-refractivity contribution is 0.0525. The average molecular weight is 329 g/mol. The van der Waals surface area contributed by atoms with Crippen LogP contribution in [0, 0.1) is 6.92 Å². The molecule has 0 saturated carbocycles. The predicted molar refractivity (Wildman–Crippen MR) is 91.3 cm³/mol. The second-order valence-electron chi connectivity index (χ2n) is 4.80. The Morgan fingerprint density at radius 1 is 1.25 bits per heavy atom. The Labute approximate surface area is 138 Å². The fourth-order valence-electron chi connectivity index (χ4n) is 2.04. The van der Waals surface area contributed by atoms with Crippen LogP contribution in [-0.2, 0) is 4.74 Å². The van der Waals surface area contributed by atoms with Gasteiger partial charge < -0.3 is 21.9 Å². The third kappa shape index (κ3) is 3.88. The van der Waals surface area contributed by atoms with Crippen molar-refractivity contribution in [1.29, 1.82) is 0 Å². The van der Waals surface area contributed by atoms with Crippen molar-refractivity contribution in [1.82, 2.24) is 9.78 Å². The van der Waals surface area contributed by atoms with Crippen LogP contribution in [0.2, 0.25) is 0 Å². The quantitative estimate of drug-likeness (QED) is 0.424. The van der Waals surface area contributed by atoms with E-state index in [2.05, 4.69) is 15.1 Å². The number of rotatable bonds is 4. The Kier molecular flexibility index (Phi) is 5.15. The van der Waals surface area contributed by atoms with Crippen LogP contribution in [0.25, 0.3) is 5.69 Å². The van der Waals surface area contributed by atoms with Crippen molar-refractivity contribution in [2.24, 2.45) is 27.2 Å². The van der Waals surface area contributed by atoms with Crippen LogP contribution >= 0.6 is 0 Å². The maximum Gasteiger partial charge on any atom is 0.341 e. The molecule has 1 aromatic heterocycles. The van der Waals surface area contributed by atoms with Gasteiger partial charge in [0.05, 0.1) is 29.9 Å². The summed E-state index contributed by atoms with van der Waals surface area (Å²) in [5.41, 5.74) is 18.5. The highest BCUT2D eigenvalue weighted by Gasteiger charge is 2.15. The van der Waals surface area contributed by atoms with Gasteiger partial charge in [-0.05, 0) is 38.1 Å². The normalized spacial score (nSPS) is 11.2. The predicted octanol–water partition coefficient (Wildman–Crippen LogP) is 0.577. The number of guanidine groups is 2. The molecule has 9 nitrogen and oxygen atoms in total. The Bertz CT molecular complexity index is 787. The zero-order valence-electron chi connectivity index (χ0n) is 13.4. The molecule has 0 spiro atoms. The standard InChI is InChI=1S/C15H19N7O2/c1-3-24-13(23)12-8-19-22(9(12)2)11-6-4-10(5-7-11)20-15(18)21-14(16)17/h4-8H,3H2,1-2H3,(H6,16,17,18,20,21). The summed E-state index contributed by atoms with van der Waals surface area (Å²) in [4.78, 5) is 19.5. The molecule has 0 atom stereocenters. The number of aromatic nitrogens is 2. The lowest BCUT2D eigenvalue weighted by Crippen LogP contribution is -2.26. The second-order valence-corrected chi connectivity index (χ2v) is 4.80. The van der Waals surface area contributed by atoms with E-state index >= 15 is 0 Å². The number of benzene rings is 1. The summed E-state index contributed by atoms with van der Waals surface area (Å²) >= 11 is 0. The topological polar surface area (TPSA) is 147 Å². The fraction of sp³-hybridized carbons (Fsp3) is 0.200. The van der Waals surface area contributed by atoms with Gasteiger partial charge in [0.2, 0.25) is 5.96 Å². The van der Waals surface area contributed by atoms with E-state index in [4.69, 9.17) is 21.9 Å². The Morgan fingerprint density at radius 3 is 2.50 bits per heavy atom. The molecule has 1 heterocycles. The van der Waals surface area contributed by atoms with E-state index in [0.29, 0.717) is 23.6 Å². The molecule has 0 aliphatic heterocycles. The van der Waals surface area contributed by atoms with E-state index < -0.39 is 5.97 Å². The molecule has 0 aliphatic rings. The van der Waals surface area contributed by atoms with Crippen molar-refractivity contribution in [2.75, 3.05) is 6.61 Å². The summed E-state index contributed by atoms with van der Waals surface area (Å²) in [7, 11) is 0. The molecule has 0 aliphatic carbocycles. The van der Waals surface area contributed by atoms with Gasteiger partial charge in [-0.25, -0.2) is 14.5 Å². The molecule has 6 N–H and O–H groups in total. The molecule has 9 heteroatoms. The van der Waals surface area contributed by atoms with E-state index in [0.717, 1.165) is 5.69 Å². The second kappa shape index (κ2) is 7.27. The van der Waals surface area contributed by atoms with Gasteiger partial charge in [-0.15, -0.1) is 0 Å². The molecule has 2 aromatic rings. The minimum atomic E-state index is -0.396. The maximum atomic E-state index is 11.8. The van der Waals surface area contributed by atoms with Gasteiger partial charge in [0.25, 0.3) is 0 Å². The first-order chi connectivity index (χ1) is 11.4. The minimum Gasteiger partial charge on any atom is -0.462 e. The number of nitrogens with two attached hydrogens (primary N) is 3. The van der Waals surface area contributed by atoms with Gasteiger partial charge in [-0.3, -0.25) is 0 Å². The fourth-order valence-corrected chi connectivity index (χ4v) is 2.04. The zero-order valence-corrected chi connectivity index (χ0v) is 13.4. The highest BCUT2D eigenvalue weighted by molar-refractivity contribution is 5.93. The Hall–Kier alpha value is -3.36. The van der Waals surface area contributed by atoms with Gasteiger partial charge in [-0.1, -0.05) is 0 Å². The van der Waals surface area contributed by atoms with E-state index in [1.807, 2.05) is 0 Å². The monoisotopic (exact) mass is 329 g/mol. The molecule has 24 heavy (non-hydrogen) atoms. The summed E-state index contributed by atoms with van der Waals surface area (Å²) in [5.74, 6) is -0.596. The van der Waals surface area contributed by atoms with Crippen molar-refractivity contribution in [2.45, 2.75) is 13.8 Å². The van der Waals surface area contributed by atoms with E-state index in [1.165, 1.54) is 6.20 Å². The first kappa shape index (κ1) is 17.0. The Morgan fingerprint density at radius 2 is 1.92 bits per heavy atom. The van der Waals surface area contributed by atoms with Crippen molar-refractivity contribution >= 4 is 23.6 Å². The zero-order chi connectivity index (χ0) is 17.7. The number of aliphatic imine (C=N–C) groups is 2. The van der Waals surface area contributed by atoms with E-state index in [-0.39, 0.29) is 11.9 Å². The van der Waals surface area contributed by atoms with Crippen LogP contribution in [-0.4, -0.2) is 34.3 Å². The summed E-state index contributed by atoms with van der Waals surface area (Å²) in [6, 6.07) is 7.04. The first-order valence-electron chi connectivity index (χ1n) is 7.18. The molecular formula is C15H19N7O2. The molecule has 1 aromatic carbocycles. The molecule has 0 fully saturated rings. The number of nitrogens with zero attached hydrogens (tertiary/aromatic N) is 4. The van der Waals surface area contributed by atoms with Crippen molar-refractivity contribution in [3.05, 3.63) is 41.7 Å². The third-order valence-electron chi connectivity index (χ3n) is 3.09. The van der Waals surface area contributed by atoms with Crippen LogP contribution in [0.1, 0.15) is 23.0 Å². The largest absolute Gasteiger partial charge is 0.462 e. The number of carbonyl (C=O) groups is 1. The third-order valence-corrected chi connectivity index (χ3v) is 3.09. The summed E-state index contributed by atoms with van der Waals surface area (Å²) in [6.07, 6.45) is 1.48. The molecule has 0 radical (unpaired) electrons. The molecule has 2 rings (SSSR count). The SMILES string of the molecule is CCOC(=O)c1cnn(-c2ccc(N=C(N)N=C(N)N)cc2)c1C. The van der Waals surface area contributed by atoms with Crippen LogP contribution in [0.5, 0.6) is 0 Å². The highest BCUT2D eigenvalue weighted by Crippen LogP contribution is 2.19. The van der Waals surface area contributed by atoms with Gasteiger partial charge in [0.15, 0.2) is 5.96 Å². The molecule has 126 valence electrons. The number of ether oxygens (including phenoxy) is 1. The molecule has 0 saturated heterocycles. The van der Waals surface area contributed by atoms with Crippen LogP contribution in [0.3, 0.4) is 0 Å². The van der Waals surface area contributed by atoms with Crippen molar-refractivity contribution in [3.63, 3.8) is 0 Å². The Balaban J connectivity index is 2.26. The van der Waals surface area contributed by atoms with Crippen LogP contribution in [0.15, 0.2) is 40.4 Å². The lowest BCUT2D eigenvalue weighted by Gasteiger charge is -2.06. The van der Waals surface area contributed by atoms with Crippen molar-refractivity contribution < 1.29 is 9.53 Å². The number of hydrogen-bond acceptors (Lipinski definition) is 4. The maximum absolute atomic E-state index is 11.8. The molecule has 0 amide bonds. The summed E-state index contributed by atoms with van der Waals surface area (Å²) < 4.78 is 6.63. The number of hydrogen-bond donors (Lipinski definition) is 3. The summed E-state index contributed by atoms with van der Waals surface area (Å²) in [5, 5.41) is 4.22. The van der Waals surface area contributed by atoms with Crippen LogP contribution in [0.4, 0.5) is 5.69 Å². The van der Waals surface area contributed by atoms with E-state index in [1.54, 1.807) is 42.8 Å². The lowest BCUT2D eigenvalue weighted by atomic mass is 10.2. The number of esters is 1. The van der Waals surface area contributed by atoms with Crippen LogP contribution < -0.4 is 17.2 Å². The average Bonchev–Trinajstić information content (AvgIpc) is 2.89. The van der Waals surface area contributed by atoms with Gasteiger partial charge in [0, 0.05) is 0 Å². The van der Waals surface area contributed by atoms with Gasteiger partial charge >= 0.3 is 5.97 Å². The summed E-state index contributed by atoms with van der Waals surface area (Å²) in [6.45, 7) is 3.86. The molecule has 0 unspecified atom stereocenters. The first-order valence-corrected chi connectivity index (χ1v) is 7.18. The molecular weight excluding hydrogens is 310 g/mol. The molecule has 0 bridgehead atoms. The minimum absolute atomic E-state index is 0.0392. The smallest absolute Gasteiger partial charge is 0.341 e. The van der Waals surface area contributed by atoms with Crippen molar-refractivity contribution in [3.8, 4) is 5.69 Å². The number of carbonyl (C=O) groups excluding carboxylic acids is 1. The van der Waals surface area contributed by atoms with E-state index in [9.17, 15) is 4.79 Å². The van der Waals surface area contributed by atoms with Gasteiger partial charge in [-0.2, -0.15) is 10.1 Å². The highest BCUT2D eigenvalue weighted by atomic mass is 16.5. The van der Waals surface area contributed by atoms with Gasteiger partial charge in [0.1, 0.15) is 5.56 Å².